The topological polar surface area (TPSA) is 59.8 Å². The Balaban J connectivity index is 1.56. The summed E-state index contributed by atoms with van der Waals surface area (Å²) in [6.45, 7) is 4.71. The normalized spacial score (nSPS) is 11.2. The maximum absolute atomic E-state index is 13.1. The summed E-state index contributed by atoms with van der Waals surface area (Å²) >= 11 is 13.9. The summed E-state index contributed by atoms with van der Waals surface area (Å²) in [5.41, 5.74) is 3.70. The fourth-order valence-electron chi connectivity index (χ4n) is 3.78. The number of carbonyl (C=O) groups excluding carboxylic acids is 1. The molecule has 1 aromatic heterocycles. The van der Waals surface area contributed by atoms with Crippen molar-refractivity contribution >= 4 is 40.9 Å². The van der Waals surface area contributed by atoms with Crippen molar-refractivity contribution in [2.45, 2.75) is 31.3 Å². The molecule has 0 bridgehead atoms. The molecule has 1 heterocycles. The Kier molecular flexibility index (Phi) is 8.67. The summed E-state index contributed by atoms with van der Waals surface area (Å²) in [5.74, 6) is 0.593. The van der Waals surface area contributed by atoms with Gasteiger partial charge in [-0.3, -0.25) is 9.36 Å². The lowest BCUT2D eigenvalue weighted by Gasteiger charge is -2.17. The molecule has 0 spiro atoms. The summed E-state index contributed by atoms with van der Waals surface area (Å²) < 4.78 is 15.0. The first-order valence-corrected chi connectivity index (χ1v) is 13.2. The van der Waals surface area contributed by atoms with Gasteiger partial charge in [0.05, 0.1) is 16.5 Å². The van der Waals surface area contributed by atoms with E-state index in [4.69, 9.17) is 23.2 Å². The van der Waals surface area contributed by atoms with E-state index in [1.54, 1.807) is 24.3 Å². The summed E-state index contributed by atoms with van der Waals surface area (Å²) in [6, 6.07) is 19.6. The maximum atomic E-state index is 13.1. The lowest BCUT2D eigenvalue weighted by molar-refractivity contribution is -0.118. The number of amides is 1. The number of nitrogens with one attached hydrogen (secondary N) is 1. The number of aromatic nitrogens is 3. The molecule has 4 aromatic rings. The third kappa shape index (κ3) is 6.27. The Morgan fingerprint density at radius 2 is 1.81 bits per heavy atom. The highest BCUT2D eigenvalue weighted by atomic mass is 35.5. The lowest BCUT2D eigenvalue weighted by Crippen LogP contribution is -2.27. The summed E-state index contributed by atoms with van der Waals surface area (Å²) in [7, 11) is 0. The Morgan fingerprint density at radius 1 is 1.06 bits per heavy atom. The van der Waals surface area contributed by atoms with Crippen molar-refractivity contribution in [1.29, 1.82) is 0 Å². The van der Waals surface area contributed by atoms with Gasteiger partial charge in [0.1, 0.15) is 5.82 Å². The second kappa shape index (κ2) is 11.9. The van der Waals surface area contributed by atoms with E-state index in [9.17, 15) is 9.18 Å². The molecule has 186 valence electrons. The highest BCUT2D eigenvalue weighted by molar-refractivity contribution is 7.99. The van der Waals surface area contributed by atoms with Crippen LogP contribution < -0.4 is 5.32 Å². The van der Waals surface area contributed by atoms with Crippen molar-refractivity contribution < 1.29 is 9.18 Å². The van der Waals surface area contributed by atoms with Crippen LogP contribution in [0.2, 0.25) is 10.0 Å². The Labute approximate surface area is 224 Å². The van der Waals surface area contributed by atoms with E-state index < -0.39 is 0 Å². The van der Waals surface area contributed by atoms with Gasteiger partial charge in [-0.05, 0) is 59.9 Å². The van der Waals surface area contributed by atoms with Gasteiger partial charge in [-0.1, -0.05) is 79.1 Å². The molecule has 0 radical (unpaired) electrons. The second-order valence-corrected chi connectivity index (χ2v) is 10.3. The molecule has 3 aromatic carbocycles. The van der Waals surface area contributed by atoms with Gasteiger partial charge in [0, 0.05) is 17.1 Å². The lowest BCUT2D eigenvalue weighted by atomic mass is 10.0. The zero-order chi connectivity index (χ0) is 25.7. The minimum Gasteiger partial charge on any atom is -0.355 e. The molecule has 1 amide bonds. The van der Waals surface area contributed by atoms with Gasteiger partial charge in [0.15, 0.2) is 11.0 Å². The zero-order valence-electron chi connectivity index (χ0n) is 19.8. The van der Waals surface area contributed by atoms with E-state index in [0.717, 1.165) is 16.8 Å². The van der Waals surface area contributed by atoms with E-state index in [1.807, 2.05) is 28.8 Å². The van der Waals surface area contributed by atoms with Gasteiger partial charge < -0.3 is 5.32 Å². The van der Waals surface area contributed by atoms with Crippen molar-refractivity contribution in [3.63, 3.8) is 0 Å². The molecule has 0 saturated carbocycles. The molecule has 0 aliphatic carbocycles. The van der Waals surface area contributed by atoms with Crippen LogP contribution in [0.5, 0.6) is 0 Å². The summed E-state index contributed by atoms with van der Waals surface area (Å²) in [5, 5.41) is 13.3. The van der Waals surface area contributed by atoms with Crippen LogP contribution in [0.4, 0.5) is 4.39 Å². The number of halogens is 3. The van der Waals surface area contributed by atoms with Gasteiger partial charge >= 0.3 is 0 Å². The number of carbonyl (C=O) groups is 1. The smallest absolute Gasteiger partial charge is 0.230 e. The van der Waals surface area contributed by atoms with Gasteiger partial charge in [0.25, 0.3) is 0 Å². The fourth-order valence-corrected chi connectivity index (χ4v) is 5.05. The number of para-hydroxylation sites is 1. The van der Waals surface area contributed by atoms with E-state index in [0.29, 0.717) is 39.6 Å². The van der Waals surface area contributed by atoms with Gasteiger partial charge in [-0.25, -0.2) is 4.39 Å². The molecule has 0 saturated heterocycles. The van der Waals surface area contributed by atoms with Crippen LogP contribution in [0.25, 0.3) is 17.1 Å². The van der Waals surface area contributed by atoms with Crippen LogP contribution >= 0.6 is 35.0 Å². The Morgan fingerprint density at radius 3 is 2.53 bits per heavy atom. The Bertz CT molecular complexity index is 1360. The summed E-state index contributed by atoms with van der Waals surface area (Å²) in [4.78, 5) is 12.6. The highest BCUT2D eigenvalue weighted by Gasteiger charge is 2.21. The van der Waals surface area contributed by atoms with E-state index >= 15 is 0 Å². The monoisotopic (exact) mass is 542 g/mol. The highest BCUT2D eigenvalue weighted by Crippen LogP contribution is 2.35. The van der Waals surface area contributed by atoms with Gasteiger partial charge in [0.2, 0.25) is 5.91 Å². The van der Waals surface area contributed by atoms with E-state index in [-0.39, 0.29) is 23.4 Å². The number of benzene rings is 3. The number of hydrogen-bond donors (Lipinski definition) is 1. The van der Waals surface area contributed by atoms with Crippen molar-refractivity contribution in [2.24, 2.45) is 0 Å². The van der Waals surface area contributed by atoms with E-state index in [1.165, 1.54) is 23.9 Å². The molecule has 0 atom stereocenters. The zero-order valence-corrected chi connectivity index (χ0v) is 22.2. The largest absolute Gasteiger partial charge is 0.355 e. The molecule has 0 aliphatic heterocycles. The number of thioether (sulfide) groups is 1. The molecule has 5 nitrogen and oxygen atoms in total. The minimum atomic E-state index is -0.276. The number of rotatable bonds is 9. The predicted molar refractivity (Wildman–Crippen MR) is 145 cm³/mol. The molecule has 1 N–H and O–H groups in total. The third-order valence-electron chi connectivity index (χ3n) is 5.59. The van der Waals surface area contributed by atoms with Crippen LogP contribution in [0.1, 0.15) is 30.9 Å². The van der Waals surface area contributed by atoms with Crippen LogP contribution in [-0.4, -0.2) is 33.0 Å². The quantitative estimate of drug-likeness (QED) is 0.232. The average molecular weight is 543 g/mol. The minimum absolute atomic E-state index is 0.125. The molecule has 36 heavy (non-hydrogen) atoms. The molecular formula is C27H25Cl2FN4OS. The molecule has 0 unspecified atom stereocenters. The maximum Gasteiger partial charge on any atom is 0.230 e. The molecular weight excluding hydrogens is 518 g/mol. The van der Waals surface area contributed by atoms with Gasteiger partial charge in [-0.2, -0.15) is 0 Å². The first-order valence-electron chi connectivity index (χ1n) is 11.5. The van der Waals surface area contributed by atoms with Crippen molar-refractivity contribution in [3.05, 3.63) is 93.7 Å². The first kappa shape index (κ1) is 26.2. The van der Waals surface area contributed by atoms with Crippen LogP contribution in [0.15, 0.2) is 71.9 Å². The third-order valence-corrected chi connectivity index (χ3v) is 7.06. The molecule has 9 heteroatoms. The average Bonchev–Trinajstić information content (AvgIpc) is 3.27. The molecule has 0 aliphatic rings. The van der Waals surface area contributed by atoms with Crippen LogP contribution in [-0.2, 0) is 11.2 Å². The SMILES string of the molecule is CC(C)c1ccccc1-n1c(SCC(=O)NCCc2ccc(F)cc2)nnc1-c1ccc(Cl)cc1Cl. The second-order valence-electron chi connectivity index (χ2n) is 8.49. The van der Waals surface area contributed by atoms with E-state index in [2.05, 4.69) is 35.4 Å². The Hall–Kier alpha value is -2.87. The number of nitrogens with zero attached hydrogens (tertiary/aromatic N) is 3. The summed E-state index contributed by atoms with van der Waals surface area (Å²) in [6.07, 6.45) is 0.619. The predicted octanol–water partition coefficient (Wildman–Crippen LogP) is 6.95. The fraction of sp³-hybridized carbons (Fsp3) is 0.222. The van der Waals surface area contributed by atoms with Gasteiger partial charge in [-0.15, -0.1) is 10.2 Å². The number of hydrogen-bond acceptors (Lipinski definition) is 4. The van der Waals surface area contributed by atoms with Crippen molar-refractivity contribution in [1.82, 2.24) is 20.1 Å². The van der Waals surface area contributed by atoms with Crippen molar-refractivity contribution in [3.8, 4) is 17.1 Å². The molecule has 0 fully saturated rings. The van der Waals surface area contributed by atoms with Crippen LogP contribution in [0.3, 0.4) is 0 Å². The van der Waals surface area contributed by atoms with Crippen molar-refractivity contribution in [2.75, 3.05) is 12.3 Å². The standard InChI is InChI=1S/C27H25Cl2FN4OS/c1-17(2)21-5-3-4-6-24(21)34-26(22-12-9-19(28)15-23(22)29)32-33-27(34)36-16-25(35)31-14-13-18-7-10-20(30)11-8-18/h3-12,15,17H,13-14,16H2,1-2H3,(H,31,35). The van der Waals surface area contributed by atoms with Crippen LogP contribution in [0, 0.1) is 5.82 Å². The molecule has 4 rings (SSSR count). The first-order chi connectivity index (χ1) is 17.3.